The van der Waals surface area contributed by atoms with E-state index in [2.05, 4.69) is 6.58 Å². The van der Waals surface area contributed by atoms with Crippen LogP contribution in [0.1, 0.15) is 4.88 Å². The quantitative estimate of drug-likeness (QED) is 0.583. The smallest absolute Gasteiger partial charge is 0.173 e. The first kappa shape index (κ1) is 7.41. The summed E-state index contributed by atoms with van der Waals surface area (Å²) in [5.74, 6) is -1.49. The second-order valence-electron chi connectivity index (χ2n) is 1.81. The maximum absolute atomic E-state index is 12.5. The second-order valence-corrected chi connectivity index (χ2v) is 2.78. The summed E-state index contributed by atoms with van der Waals surface area (Å²) in [5, 5.41) is 1.16. The molecule has 0 saturated heterocycles. The highest BCUT2D eigenvalue weighted by atomic mass is 32.1. The molecule has 0 aliphatic rings. The second kappa shape index (κ2) is 2.92. The Kier molecular flexibility index (Phi) is 2.17. The first-order valence-electron chi connectivity index (χ1n) is 2.78. The molecule has 0 atom stereocenters. The van der Waals surface area contributed by atoms with Gasteiger partial charge in [-0.25, -0.2) is 8.78 Å². The van der Waals surface area contributed by atoms with Gasteiger partial charge in [0.25, 0.3) is 0 Å². The van der Waals surface area contributed by atoms with Gasteiger partial charge in [-0.15, -0.1) is 17.9 Å². The largest absolute Gasteiger partial charge is 0.203 e. The molecule has 0 amide bonds. The fraction of sp³-hybridized carbons (Fsp3) is 0.143. The Hall–Kier alpha value is -0.700. The Morgan fingerprint density at radius 1 is 1.60 bits per heavy atom. The van der Waals surface area contributed by atoms with Crippen LogP contribution >= 0.6 is 11.3 Å². The molecule has 1 heterocycles. The maximum Gasteiger partial charge on any atom is 0.173 e. The molecule has 0 nitrogen and oxygen atoms in total. The lowest BCUT2D eigenvalue weighted by Gasteiger charge is -1.86. The van der Waals surface area contributed by atoms with E-state index in [0.717, 1.165) is 16.7 Å². The number of rotatable bonds is 2. The summed E-state index contributed by atoms with van der Waals surface area (Å²) < 4.78 is 24.8. The van der Waals surface area contributed by atoms with Crippen molar-refractivity contribution in [3.8, 4) is 0 Å². The molecule has 10 heavy (non-hydrogen) atoms. The molecule has 0 unspecified atom stereocenters. The van der Waals surface area contributed by atoms with E-state index in [1.54, 1.807) is 6.08 Å². The zero-order valence-electron chi connectivity index (χ0n) is 5.23. The highest BCUT2D eigenvalue weighted by molar-refractivity contribution is 7.10. The minimum atomic E-state index is -0.762. The predicted octanol–water partition coefficient (Wildman–Crippen LogP) is 2.75. The Balaban J connectivity index is 2.93. The lowest BCUT2D eigenvalue weighted by Crippen LogP contribution is -1.80. The standard InChI is InChI=1S/C7H6F2S/c1-2-3-6-7(9)5(8)4-10-6/h2,4H,1,3H2. The highest BCUT2D eigenvalue weighted by Crippen LogP contribution is 2.19. The maximum atomic E-state index is 12.5. The Morgan fingerprint density at radius 2 is 2.30 bits per heavy atom. The van der Waals surface area contributed by atoms with E-state index in [-0.39, 0.29) is 0 Å². The van der Waals surface area contributed by atoms with Crippen LogP contribution in [0.5, 0.6) is 0 Å². The first-order valence-corrected chi connectivity index (χ1v) is 3.66. The van der Waals surface area contributed by atoms with Crippen molar-refractivity contribution < 1.29 is 8.78 Å². The summed E-state index contributed by atoms with van der Waals surface area (Å²) in [6.45, 7) is 3.42. The topological polar surface area (TPSA) is 0 Å². The van der Waals surface area contributed by atoms with E-state index in [0.29, 0.717) is 11.3 Å². The molecule has 0 spiro atoms. The van der Waals surface area contributed by atoms with Gasteiger partial charge in [-0.3, -0.25) is 0 Å². The lowest BCUT2D eigenvalue weighted by molar-refractivity contribution is 0.510. The third-order valence-electron chi connectivity index (χ3n) is 1.09. The van der Waals surface area contributed by atoms with Crippen LogP contribution < -0.4 is 0 Å². The van der Waals surface area contributed by atoms with E-state index in [1.807, 2.05) is 0 Å². The van der Waals surface area contributed by atoms with Crippen LogP contribution in [-0.2, 0) is 6.42 Å². The van der Waals surface area contributed by atoms with Crippen molar-refractivity contribution in [1.29, 1.82) is 0 Å². The van der Waals surface area contributed by atoms with E-state index >= 15 is 0 Å². The van der Waals surface area contributed by atoms with Crippen LogP contribution in [-0.4, -0.2) is 0 Å². The van der Waals surface area contributed by atoms with Gasteiger partial charge in [0, 0.05) is 16.7 Å². The van der Waals surface area contributed by atoms with Gasteiger partial charge in [0.05, 0.1) is 0 Å². The van der Waals surface area contributed by atoms with Crippen molar-refractivity contribution in [3.63, 3.8) is 0 Å². The van der Waals surface area contributed by atoms with Gasteiger partial charge in [0.1, 0.15) is 0 Å². The normalized spacial score (nSPS) is 9.80. The van der Waals surface area contributed by atoms with Gasteiger partial charge in [-0.2, -0.15) is 0 Å². The van der Waals surface area contributed by atoms with Crippen molar-refractivity contribution in [2.24, 2.45) is 0 Å². The fourth-order valence-electron chi connectivity index (χ4n) is 0.628. The zero-order valence-corrected chi connectivity index (χ0v) is 6.05. The predicted molar refractivity (Wildman–Crippen MR) is 38.1 cm³/mol. The molecule has 0 aliphatic carbocycles. The van der Waals surface area contributed by atoms with Crippen molar-refractivity contribution in [3.05, 3.63) is 34.5 Å². The van der Waals surface area contributed by atoms with Gasteiger partial charge >= 0.3 is 0 Å². The average Bonchev–Trinajstić information content (AvgIpc) is 2.20. The molecule has 0 fully saturated rings. The molecule has 0 N–H and O–H groups in total. The minimum absolute atomic E-state index is 0.403. The molecule has 0 aliphatic heterocycles. The van der Waals surface area contributed by atoms with Crippen molar-refractivity contribution >= 4 is 11.3 Å². The summed E-state index contributed by atoms with van der Waals surface area (Å²) in [7, 11) is 0. The summed E-state index contributed by atoms with van der Waals surface area (Å²) in [5.41, 5.74) is 0. The number of hydrogen-bond acceptors (Lipinski definition) is 1. The fourth-order valence-corrected chi connectivity index (χ4v) is 1.39. The molecule has 0 saturated carbocycles. The minimum Gasteiger partial charge on any atom is -0.203 e. The monoisotopic (exact) mass is 160 g/mol. The molecule has 3 heteroatoms. The van der Waals surface area contributed by atoms with Crippen molar-refractivity contribution in [2.45, 2.75) is 6.42 Å². The summed E-state index contributed by atoms with van der Waals surface area (Å²) >= 11 is 1.08. The Morgan fingerprint density at radius 3 is 2.70 bits per heavy atom. The van der Waals surface area contributed by atoms with Crippen LogP contribution in [0, 0.1) is 11.6 Å². The molecule has 1 aromatic rings. The summed E-state index contributed by atoms with van der Waals surface area (Å²) in [6.07, 6.45) is 1.95. The molecule has 0 aromatic carbocycles. The highest BCUT2D eigenvalue weighted by Gasteiger charge is 2.08. The van der Waals surface area contributed by atoms with Crippen LogP contribution in [0.2, 0.25) is 0 Å². The number of allylic oxidation sites excluding steroid dienone is 1. The van der Waals surface area contributed by atoms with Crippen LogP contribution in [0.25, 0.3) is 0 Å². The van der Waals surface area contributed by atoms with E-state index in [1.165, 1.54) is 0 Å². The molecule has 1 aromatic heterocycles. The van der Waals surface area contributed by atoms with E-state index in [4.69, 9.17) is 0 Å². The average molecular weight is 160 g/mol. The van der Waals surface area contributed by atoms with Crippen molar-refractivity contribution in [1.82, 2.24) is 0 Å². The van der Waals surface area contributed by atoms with Crippen LogP contribution in [0.15, 0.2) is 18.0 Å². The van der Waals surface area contributed by atoms with Gasteiger partial charge in [0.2, 0.25) is 0 Å². The van der Waals surface area contributed by atoms with Crippen LogP contribution in [0.3, 0.4) is 0 Å². The first-order chi connectivity index (χ1) is 4.75. The number of halogens is 2. The van der Waals surface area contributed by atoms with Crippen molar-refractivity contribution in [2.75, 3.05) is 0 Å². The number of hydrogen-bond donors (Lipinski definition) is 0. The Bertz CT molecular complexity index is 240. The van der Waals surface area contributed by atoms with E-state index < -0.39 is 11.6 Å². The van der Waals surface area contributed by atoms with Gasteiger partial charge in [-0.05, 0) is 0 Å². The third-order valence-corrected chi connectivity index (χ3v) is 2.04. The molecule has 1 rings (SSSR count). The molecule has 0 bridgehead atoms. The van der Waals surface area contributed by atoms with E-state index in [9.17, 15) is 8.78 Å². The van der Waals surface area contributed by atoms with Crippen LogP contribution in [0.4, 0.5) is 8.78 Å². The van der Waals surface area contributed by atoms with Gasteiger partial charge < -0.3 is 0 Å². The molecule has 0 radical (unpaired) electrons. The molecule has 54 valence electrons. The number of thiophene rings is 1. The summed E-state index contributed by atoms with van der Waals surface area (Å²) in [6, 6.07) is 0. The lowest BCUT2D eigenvalue weighted by atomic mass is 10.3. The zero-order chi connectivity index (χ0) is 7.56. The SMILES string of the molecule is C=CCc1scc(F)c1F. The molecular formula is C7H6F2S. The summed E-state index contributed by atoms with van der Waals surface area (Å²) in [4.78, 5) is 0.410. The molecular weight excluding hydrogens is 154 g/mol. The Labute approximate surface area is 61.8 Å². The third kappa shape index (κ3) is 1.24. The van der Waals surface area contributed by atoms with Gasteiger partial charge in [-0.1, -0.05) is 6.08 Å². The van der Waals surface area contributed by atoms with Gasteiger partial charge in [0.15, 0.2) is 11.6 Å².